The van der Waals surface area contributed by atoms with E-state index in [0.717, 1.165) is 43.7 Å². The van der Waals surface area contributed by atoms with E-state index in [2.05, 4.69) is 5.10 Å². The van der Waals surface area contributed by atoms with Gasteiger partial charge in [0, 0.05) is 13.1 Å². The number of carboxylic acids is 1. The minimum Gasteiger partial charge on any atom is -0.480 e. The molecule has 0 aromatic carbocycles. The third kappa shape index (κ3) is 2.99. The molecule has 0 aliphatic carbocycles. The Bertz CT molecular complexity index is 487. The summed E-state index contributed by atoms with van der Waals surface area (Å²) in [4.78, 5) is 13.4. The molecule has 20 heavy (non-hydrogen) atoms. The molecule has 1 unspecified atom stereocenters. The van der Waals surface area contributed by atoms with E-state index in [-0.39, 0.29) is 0 Å². The molecule has 1 aromatic rings. The van der Waals surface area contributed by atoms with Crippen molar-refractivity contribution in [2.24, 2.45) is 0 Å². The normalized spacial score (nSPS) is 20.2. The number of nitrogens with zero attached hydrogens (tertiary/aromatic N) is 3. The van der Waals surface area contributed by atoms with Gasteiger partial charge in [0.05, 0.1) is 16.4 Å². The summed E-state index contributed by atoms with van der Waals surface area (Å²) in [6.45, 7) is 6.18. The van der Waals surface area contributed by atoms with Crippen molar-refractivity contribution in [2.75, 3.05) is 6.54 Å². The molecule has 0 radical (unpaired) electrons. The fourth-order valence-corrected chi connectivity index (χ4v) is 3.15. The van der Waals surface area contributed by atoms with Crippen molar-refractivity contribution in [1.29, 1.82) is 0 Å². The summed E-state index contributed by atoms with van der Waals surface area (Å²) in [7, 11) is 0. The lowest BCUT2D eigenvalue weighted by Crippen LogP contribution is -2.44. The molecule has 1 fully saturated rings. The number of likely N-dealkylation sites (tertiary alicyclic amines) is 1. The molecule has 0 saturated carbocycles. The van der Waals surface area contributed by atoms with Gasteiger partial charge in [0.15, 0.2) is 0 Å². The number of halogens is 1. The average molecular weight is 300 g/mol. The van der Waals surface area contributed by atoms with E-state index >= 15 is 0 Å². The van der Waals surface area contributed by atoms with E-state index in [0.29, 0.717) is 18.0 Å². The number of hydrogen-bond acceptors (Lipinski definition) is 3. The fraction of sp³-hybridized carbons (Fsp3) is 0.714. The Balaban J connectivity index is 2.23. The minimum absolute atomic E-state index is 0.398. The van der Waals surface area contributed by atoms with Crippen LogP contribution in [-0.2, 0) is 24.3 Å². The van der Waals surface area contributed by atoms with Crippen LogP contribution in [0.5, 0.6) is 0 Å². The number of hydrogen-bond donors (Lipinski definition) is 1. The summed E-state index contributed by atoms with van der Waals surface area (Å²) in [5, 5.41) is 14.5. The molecular formula is C14H22ClN3O2. The van der Waals surface area contributed by atoms with Gasteiger partial charge in [0.1, 0.15) is 6.04 Å². The van der Waals surface area contributed by atoms with E-state index < -0.39 is 12.0 Å². The van der Waals surface area contributed by atoms with Gasteiger partial charge in [0.25, 0.3) is 0 Å². The summed E-state index contributed by atoms with van der Waals surface area (Å²) in [5.74, 6) is -0.737. The topological polar surface area (TPSA) is 58.4 Å². The number of aryl methyl sites for hydroxylation is 2. The van der Waals surface area contributed by atoms with Gasteiger partial charge < -0.3 is 5.11 Å². The van der Waals surface area contributed by atoms with Crippen molar-refractivity contribution in [3.8, 4) is 0 Å². The number of aliphatic carboxylic acids is 1. The van der Waals surface area contributed by atoms with Gasteiger partial charge in [0.2, 0.25) is 0 Å². The Morgan fingerprint density at radius 2 is 2.20 bits per heavy atom. The molecular weight excluding hydrogens is 278 g/mol. The molecule has 0 bridgehead atoms. The molecule has 1 atom stereocenters. The standard InChI is InChI=1S/C14H22ClN3O2/c1-3-10-13(15)12(18(4-2)16-10)9-17-8-6-5-7-11(17)14(19)20/h11H,3-9H2,1-2H3,(H,19,20). The van der Waals surface area contributed by atoms with Gasteiger partial charge in [-0.05, 0) is 32.7 Å². The first-order valence-corrected chi connectivity index (χ1v) is 7.67. The third-order valence-electron chi connectivity index (χ3n) is 3.95. The highest BCUT2D eigenvalue weighted by atomic mass is 35.5. The fourth-order valence-electron chi connectivity index (χ4n) is 2.82. The van der Waals surface area contributed by atoms with Crippen molar-refractivity contribution in [3.05, 3.63) is 16.4 Å². The second-order valence-corrected chi connectivity index (χ2v) is 5.57. The maximum Gasteiger partial charge on any atom is 0.320 e. The molecule has 0 amide bonds. The second kappa shape index (κ2) is 6.59. The van der Waals surface area contributed by atoms with Gasteiger partial charge in [-0.1, -0.05) is 24.9 Å². The highest BCUT2D eigenvalue weighted by Gasteiger charge is 2.30. The Morgan fingerprint density at radius 3 is 2.80 bits per heavy atom. The Kier molecular flexibility index (Phi) is 5.05. The van der Waals surface area contributed by atoms with Crippen LogP contribution in [0, 0.1) is 0 Å². The number of carboxylic acid groups (broad SMARTS) is 1. The van der Waals surface area contributed by atoms with E-state index in [1.54, 1.807) is 0 Å². The Labute approximate surface area is 124 Å². The van der Waals surface area contributed by atoms with Gasteiger partial charge >= 0.3 is 5.97 Å². The third-order valence-corrected chi connectivity index (χ3v) is 4.38. The quantitative estimate of drug-likeness (QED) is 0.908. The highest BCUT2D eigenvalue weighted by Crippen LogP contribution is 2.26. The molecule has 5 nitrogen and oxygen atoms in total. The molecule has 1 aliphatic rings. The van der Waals surface area contributed by atoms with Crippen molar-refractivity contribution < 1.29 is 9.90 Å². The monoisotopic (exact) mass is 299 g/mol. The second-order valence-electron chi connectivity index (χ2n) is 5.20. The van der Waals surface area contributed by atoms with Crippen LogP contribution in [0.1, 0.15) is 44.5 Å². The van der Waals surface area contributed by atoms with Crippen LogP contribution in [0.2, 0.25) is 5.02 Å². The minimum atomic E-state index is -0.737. The largest absolute Gasteiger partial charge is 0.480 e. The zero-order valence-electron chi connectivity index (χ0n) is 12.1. The van der Waals surface area contributed by atoms with Gasteiger partial charge in [-0.15, -0.1) is 0 Å². The van der Waals surface area contributed by atoms with Crippen molar-refractivity contribution in [2.45, 2.75) is 58.7 Å². The molecule has 112 valence electrons. The molecule has 2 rings (SSSR count). The van der Waals surface area contributed by atoms with Crippen molar-refractivity contribution >= 4 is 17.6 Å². The molecule has 1 N–H and O–H groups in total. The number of piperidine rings is 1. The summed E-state index contributed by atoms with van der Waals surface area (Å²) in [6.07, 6.45) is 3.53. The summed E-state index contributed by atoms with van der Waals surface area (Å²) in [5.41, 5.74) is 1.84. The van der Waals surface area contributed by atoms with Crippen LogP contribution in [0.3, 0.4) is 0 Å². The van der Waals surface area contributed by atoms with Gasteiger partial charge in [-0.25, -0.2) is 0 Å². The number of aromatic nitrogens is 2. The highest BCUT2D eigenvalue weighted by molar-refractivity contribution is 6.31. The summed E-state index contributed by atoms with van der Waals surface area (Å²) in [6, 6.07) is -0.398. The first-order chi connectivity index (χ1) is 9.58. The average Bonchev–Trinajstić information content (AvgIpc) is 2.75. The molecule has 0 spiro atoms. The van der Waals surface area contributed by atoms with Crippen LogP contribution in [0.15, 0.2) is 0 Å². The van der Waals surface area contributed by atoms with E-state index in [1.807, 2.05) is 23.4 Å². The van der Waals surface area contributed by atoms with E-state index in [4.69, 9.17) is 11.6 Å². The number of rotatable bonds is 5. The maximum atomic E-state index is 11.4. The molecule has 1 saturated heterocycles. The predicted molar refractivity (Wildman–Crippen MR) is 78.0 cm³/mol. The molecule has 1 aromatic heterocycles. The molecule has 2 heterocycles. The van der Waals surface area contributed by atoms with E-state index in [9.17, 15) is 9.90 Å². The first-order valence-electron chi connectivity index (χ1n) is 7.29. The molecule has 1 aliphatic heterocycles. The van der Waals surface area contributed by atoms with Gasteiger partial charge in [-0.2, -0.15) is 5.10 Å². The lowest BCUT2D eigenvalue weighted by Gasteiger charge is -2.32. The van der Waals surface area contributed by atoms with E-state index in [1.165, 1.54) is 0 Å². The summed E-state index contributed by atoms with van der Waals surface area (Å²) >= 11 is 6.40. The SMILES string of the molecule is CCc1nn(CC)c(CN2CCCCC2C(=O)O)c1Cl. The van der Waals surface area contributed by atoms with Crippen LogP contribution < -0.4 is 0 Å². The maximum absolute atomic E-state index is 11.4. The zero-order chi connectivity index (χ0) is 14.7. The predicted octanol–water partition coefficient (Wildman–Crippen LogP) is 2.56. The zero-order valence-corrected chi connectivity index (χ0v) is 12.9. The van der Waals surface area contributed by atoms with Gasteiger partial charge in [-0.3, -0.25) is 14.4 Å². The van der Waals surface area contributed by atoms with Crippen molar-refractivity contribution in [1.82, 2.24) is 14.7 Å². The van der Waals surface area contributed by atoms with Crippen LogP contribution in [0.25, 0.3) is 0 Å². The Hall–Kier alpha value is -1.07. The van der Waals surface area contributed by atoms with Crippen LogP contribution in [0.4, 0.5) is 0 Å². The lowest BCUT2D eigenvalue weighted by molar-refractivity contribution is -0.144. The summed E-state index contributed by atoms with van der Waals surface area (Å²) < 4.78 is 1.90. The first kappa shape index (κ1) is 15.3. The van der Waals surface area contributed by atoms with Crippen LogP contribution >= 0.6 is 11.6 Å². The smallest absolute Gasteiger partial charge is 0.320 e. The number of carbonyl (C=O) groups is 1. The lowest BCUT2D eigenvalue weighted by atomic mass is 10.0. The van der Waals surface area contributed by atoms with Crippen LogP contribution in [-0.4, -0.2) is 38.3 Å². The Morgan fingerprint density at radius 1 is 1.45 bits per heavy atom. The van der Waals surface area contributed by atoms with Crippen molar-refractivity contribution in [3.63, 3.8) is 0 Å². The molecule has 6 heteroatoms.